The Morgan fingerprint density at radius 3 is 1.13 bits per heavy atom. The summed E-state index contributed by atoms with van der Waals surface area (Å²) in [4.78, 5) is 29.5. The van der Waals surface area contributed by atoms with Crippen LogP contribution in [0.25, 0.3) is 4.85 Å². The largest absolute Gasteiger partial charge is 0.534 e. The number of likely N-dealkylation sites (tertiary alicyclic amines) is 5. The van der Waals surface area contributed by atoms with Gasteiger partial charge in [0.1, 0.15) is 17.2 Å². The molecule has 0 aromatic heterocycles. The van der Waals surface area contributed by atoms with Gasteiger partial charge in [-0.1, -0.05) is 99.6 Å². The monoisotopic (exact) mass is 1640 g/mol. The Kier molecular flexibility index (Phi) is 22.7. The van der Waals surface area contributed by atoms with Crippen molar-refractivity contribution >= 4 is 21.7 Å². The van der Waals surface area contributed by atoms with Crippen molar-refractivity contribution in [2.45, 2.75) is 316 Å². The summed E-state index contributed by atoms with van der Waals surface area (Å²) in [7, 11) is -5.70. The highest BCUT2D eigenvalue weighted by molar-refractivity contribution is 7.88. The van der Waals surface area contributed by atoms with Crippen LogP contribution >= 0.6 is 0 Å². The quantitative estimate of drug-likeness (QED) is 0.0588. The first kappa shape index (κ1) is 85.6. The number of hydrogen-bond donors (Lipinski definition) is 3. The Morgan fingerprint density at radius 1 is 0.458 bits per heavy atom. The van der Waals surface area contributed by atoms with Gasteiger partial charge >= 0.3 is 15.6 Å². The van der Waals surface area contributed by atoms with Crippen molar-refractivity contribution in [1.29, 1.82) is 0 Å². The summed E-state index contributed by atoms with van der Waals surface area (Å²) < 4.78 is 66.6. The van der Waals surface area contributed by atoms with E-state index in [1.54, 1.807) is 13.8 Å². The van der Waals surface area contributed by atoms with Crippen LogP contribution in [-0.4, -0.2) is 150 Å². The predicted octanol–water partition coefficient (Wildman–Crippen LogP) is 19.9. The molecule has 20 rings (SSSR count). The molecule has 5 aromatic carbocycles. The Morgan fingerprint density at radius 2 is 0.771 bits per heavy atom. The van der Waals surface area contributed by atoms with E-state index in [0.717, 1.165) is 107 Å². The smallest absolute Gasteiger partial charge is 0.508 e. The maximum absolute atomic E-state index is 12.9. The molecule has 5 unspecified atom stereocenters. The number of aromatic hydroxyl groups is 2. The molecular formula is C101H140F3N7O6S. The number of alkyl halides is 3. The lowest BCUT2D eigenvalue weighted by Gasteiger charge is -2.55. The molecule has 0 radical (unpaired) electrons. The van der Waals surface area contributed by atoms with E-state index in [0.29, 0.717) is 82.4 Å². The fourth-order valence-electron chi connectivity index (χ4n) is 26.5. The van der Waals surface area contributed by atoms with Crippen LogP contribution in [0.5, 0.6) is 17.2 Å². The highest BCUT2D eigenvalue weighted by Crippen LogP contribution is 2.59. The van der Waals surface area contributed by atoms with Gasteiger partial charge in [-0.15, -0.1) is 0 Å². The van der Waals surface area contributed by atoms with E-state index in [1.165, 1.54) is 217 Å². The predicted molar refractivity (Wildman–Crippen MR) is 468 cm³/mol. The highest BCUT2D eigenvalue weighted by Gasteiger charge is 2.57. The molecule has 5 heterocycles. The molecular weight excluding hydrogens is 1500 g/mol. The van der Waals surface area contributed by atoms with Crippen molar-refractivity contribution in [2.24, 2.45) is 64.9 Å². The third-order valence-corrected chi connectivity index (χ3v) is 36.0. The molecule has 5 aromatic rings. The first-order valence-electron chi connectivity index (χ1n) is 46.1. The molecule has 15 aliphatic rings. The van der Waals surface area contributed by atoms with Crippen LogP contribution in [0, 0.1) is 121 Å². The van der Waals surface area contributed by atoms with Crippen molar-refractivity contribution in [2.75, 3.05) is 65.4 Å². The van der Waals surface area contributed by atoms with Gasteiger partial charge in [-0.05, 0) is 415 Å². The van der Waals surface area contributed by atoms with Crippen LogP contribution in [0.1, 0.15) is 276 Å². The molecule has 0 spiro atoms. The van der Waals surface area contributed by atoms with Crippen LogP contribution in [-0.2, 0) is 69.3 Å². The molecule has 5 saturated heterocycles. The lowest BCUT2D eigenvalue weighted by Crippen LogP contribution is -2.58. The second kappa shape index (κ2) is 31.3. The number of fused-ring (bicyclic) bond motifs is 20. The van der Waals surface area contributed by atoms with Gasteiger partial charge in [0, 0.05) is 68.5 Å². The van der Waals surface area contributed by atoms with Crippen molar-refractivity contribution in [3.05, 3.63) is 160 Å². The summed E-state index contributed by atoms with van der Waals surface area (Å²) in [6.45, 7) is 59.6. The zero-order valence-electron chi connectivity index (χ0n) is 74.7. The Hall–Kier alpha value is -6.00. The first-order chi connectivity index (χ1) is 55.6. The number of nitrogens with zero attached hydrogens (tertiary/aromatic N) is 6. The molecule has 5 saturated carbocycles. The van der Waals surface area contributed by atoms with E-state index in [2.05, 4.69) is 155 Å². The van der Waals surface area contributed by atoms with Gasteiger partial charge in [0.05, 0.1) is 6.57 Å². The third-order valence-electron chi connectivity index (χ3n) is 35.0. The standard InChI is InChI=1S/C21H28F3NO3S.C21H30N2O.C21H28N2.C20H29NO.C18H25NO/c1-12-9-16-10-17-14(3)20(4,7-8-25(17)11-15-5-6-15)18(16)13(2)19(12)28-29(26,27)21(22,23)24;1-12-9-16-10-17-14(3)21(4,7-8-23(17)11-15-5-6-15)19(16)13(2)18(12)20(22)24;1-13-10-17-11-18-15(3)21(4,19(17)14(2)20(13)22-5)8-9-23(18)12-16-6-7-16;1-12-9-16-10-17-14(3)20(4,18(16)13(2)19(12)22)7-8-21(17)11-15-5-6-15;1-12-17-9-14-5-6-15(20)10-16(14)18(12,2)7-8-19(17)11-13-3-4-13/h9,14-15,17H,5-8,10-11H2,1-4H3;9,14-15,17H,5-8,10-11H2,1-4H3,(H2,22,24);10,15-16,18H,6-9,11-12H2,1-4H3;9,14-15,17,22H,5-8,10-11H2,1-4H3;5-6,10,12-13,17,20H,3-4,7-9,11H2,1-2H3/t14-,17?,20-;14-,17?,21-;15-,18?,21-;14-,17?,20-;12-,17?,18-/m00000/s1. The average molecular weight is 1640 g/mol. The zero-order valence-corrected chi connectivity index (χ0v) is 75.6. The van der Waals surface area contributed by atoms with Gasteiger partial charge in [0.15, 0.2) is 5.69 Å². The molecule has 10 bridgehead atoms. The Labute approximate surface area is 705 Å². The average Bonchev–Trinajstić information content (AvgIpc) is 1.43. The van der Waals surface area contributed by atoms with Crippen LogP contribution < -0.4 is 9.92 Å². The van der Waals surface area contributed by atoms with Gasteiger partial charge in [-0.2, -0.15) is 21.6 Å². The molecule has 4 N–H and O–H groups in total. The number of piperidine rings is 5. The van der Waals surface area contributed by atoms with Crippen molar-refractivity contribution in [3.63, 3.8) is 0 Å². The fraction of sp³-hybridized carbons (Fsp3) is 0.683. The van der Waals surface area contributed by atoms with E-state index in [9.17, 15) is 36.6 Å². The second-order valence-electron chi connectivity index (χ2n) is 42.4. The molecule has 10 aliphatic carbocycles. The number of amides is 1. The lowest BCUT2D eigenvalue weighted by molar-refractivity contribution is -0.0500. The molecule has 15 atom stereocenters. The normalized spacial score (nSPS) is 33.2. The molecule has 118 heavy (non-hydrogen) atoms. The fourth-order valence-corrected chi connectivity index (χ4v) is 27.0. The number of phenols is 2. The SMILES string of the molecule is C[C@H]1C2Cc3ccc(O)cc3[C@@]1(C)CCN2CC1CC1.Cc1cc2c(c(C)c1C(N)=O)[C@@]1(C)CCN(CC3CC3)C(C2)[C@@H]1C.Cc1cc2c(c(C)c1O)[C@@]1(C)CCN(CC3CC3)C(C2)[C@@H]1C.Cc1cc2c(c(C)c1OS(=O)(=O)C(F)(F)F)[C@@]1(C)CCN(CC3CC3)C(C2)[C@@H]1C.[C-]#[N+]c1c(C)cc2c(c1C)[C@@]1(C)CCN(CC3CC3)C(C2)[C@@H]1C. The molecule has 13 nitrogen and oxygen atoms in total. The topological polar surface area (TPSA) is 147 Å². The van der Waals surface area contributed by atoms with Crippen LogP contribution in [0.15, 0.2) is 42.5 Å². The summed E-state index contributed by atoms with van der Waals surface area (Å²) in [6.07, 6.45) is 25.4. The number of rotatable bonds is 13. The minimum Gasteiger partial charge on any atom is -0.508 e. The number of carbonyl (C=O) groups is 1. The maximum Gasteiger partial charge on any atom is 0.534 e. The summed E-state index contributed by atoms with van der Waals surface area (Å²) in [5.74, 6) is 8.17. The van der Waals surface area contributed by atoms with E-state index >= 15 is 0 Å². The molecule has 10 fully saturated rings. The van der Waals surface area contributed by atoms with Crippen LogP contribution in [0.3, 0.4) is 0 Å². The van der Waals surface area contributed by atoms with Crippen molar-refractivity contribution in [3.8, 4) is 17.2 Å². The van der Waals surface area contributed by atoms with E-state index in [-0.39, 0.29) is 38.7 Å². The number of carbonyl (C=O) groups excluding carboxylic acids is 1. The summed E-state index contributed by atoms with van der Waals surface area (Å²) in [5, 5.41) is 20.3. The number of benzene rings is 5. The summed E-state index contributed by atoms with van der Waals surface area (Å²) in [5.41, 5.74) is 24.2. The molecule has 5 aliphatic heterocycles. The first-order valence-corrected chi connectivity index (χ1v) is 47.5. The van der Waals surface area contributed by atoms with Crippen molar-refractivity contribution < 1.29 is 40.8 Å². The number of nitrogens with two attached hydrogens (primary N) is 1. The lowest BCUT2D eigenvalue weighted by atomic mass is 9.57. The molecule has 1 amide bonds. The van der Waals surface area contributed by atoms with Crippen molar-refractivity contribution in [1.82, 2.24) is 24.5 Å². The molecule has 642 valence electrons. The van der Waals surface area contributed by atoms with E-state index < -0.39 is 15.6 Å². The number of aryl methyl sites for hydroxylation is 4. The van der Waals surface area contributed by atoms with E-state index in [1.807, 2.05) is 32.0 Å². The third kappa shape index (κ3) is 15.3. The number of hydrogen-bond acceptors (Lipinski definition) is 11. The van der Waals surface area contributed by atoms with Gasteiger partial charge in [0.2, 0.25) is 5.91 Å². The van der Waals surface area contributed by atoms with Crippen LogP contribution in [0.2, 0.25) is 0 Å². The van der Waals surface area contributed by atoms with Gasteiger partial charge in [-0.3, -0.25) is 29.3 Å². The molecule has 17 heteroatoms. The van der Waals surface area contributed by atoms with Gasteiger partial charge < -0.3 is 20.1 Å². The number of phenolic OH excluding ortho intramolecular Hbond substituents is 2. The van der Waals surface area contributed by atoms with E-state index in [4.69, 9.17) is 12.3 Å². The summed E-state index contributed by atoms with van der Waals surface area (Å²) >= 11 is 0. The van der Waals surface area contributed by atoms with Crippen LogP contribution in [0.4, 0.5) is 18.9 Å². The summed E-state index contributed by atoms with van der Waals surface area (Å²) in [6, 6.07) is 17.9. The number of primary amides is 1. The minimum absolute atomic E-state index is 0.167. The zero-order chi connectivity index (χ0) is 84.5. The Bertz CT molecular complexity index is 4900. The highest BCUT2D eigenvalue weighted by atomic mass is 32.2. The Balaban J connectivity index is 0.000000111. The maximum atomic E-state index is 12.9. The minimum atomic E-state index is -5.70. The van der Waals surface area contributed by atoms with Gasteiger partial charge in [-0.25, -0.2) is 4.85 Å². The van der Waals surface area contributed by atoms with Gasteiger partial charge in [0.25, 0.3) is 0 Å². The number of halogens is 3. The second-order valence-corrected chi connectivity index (χ2v) is 44.0.